The van der Waals surface area contributed by atoms with Crippen molar-refractivity contribution in [1.29, 1.82) is 0 Å². The first-order valence-electron chi connectivity index (χ1n) is 14.8. The fourth-order valence-electron chi connectivity index (χ4n) is 5.55. The van der Waals surface area contributed by atoms with Gasteiger partial charge in [0.1, 0.15) is 5.60 Å². The Morgan fingerprint density at radius 3 is 2.29 bits per heavy atom. The van der Waals surface area contributed by atoms with Crippen LogP contribution in [0.1, 0.15) is 84.1 Å². The van der Waals surface area contributed by atoms with Crippen molar-refractivity contribution in [2.45, 2.75) is 88.3 Å². The highest BCUT2D eigenvalue weighted by atomic mass is 32.2. The van der Waals surface area contributed by atoms with Crippen LogP contribution in [0.3, 0.4) is 0 Å². The van der Waals surface area contributed by atoms with E-state index < -0.39 is 36.3 Å². The van der Waals surface area contributed by atoms with Crippen molar-refractivity contribution in [3.05, 3.63) is 32.5 Å². The molecule has 1 amide bonds. The Morgan fingerprint density at radius 1 is 1.16 bits per heavy atom. The second kappa shape index (κ2) is 14.3. The van der Waals surface area contributed by atoms with E-state index in [0.717, 1.165) is 46.7 Å². The Kier molecular flexibility index (Phi) is 11.7. The molecule has 12 nitrogen and oxygen atoms in total. The van der Waals surface area contributed by atoms with Gasteiger partial charge in [-0.3, -0.25) is 0 Å². The van der Waals surface area contributed by atoms with Crippen LogP contribution in [-0.4, -0.2) is 88.7 Å². The van der Waals surface area contributed by atoms with E-state index in [1.54, 1.807) is 4.90 Å². The number of thiophene rings is 1. The molecule has 0 spiro atoms. The number of carboxylic acid groups (broad SMARTS) is 1. The van der Waals surface area contributed by atoms with Crippen molar-refractivity contribution in [2.75, 3.05) is 39.3 Å². The molecule has 15 heteroatoms. The molecular weight excluding hydrogens is 643 g/mol. The maximum absolute atomic E-state index is 12.5. The smallest absolute Gasteiger partial charge is 0.410 e. The Hall–Kier alpha value is -2.75. The minimum Gasteiger partial charge on any atom is -0.481 e. The molecule has 252 valence electrons. The number of pyridine rings is 1. The summed E-state index contributed by atoms with van der Waals surface area (Å²) in [6.45, 7) is 11.2. The van der Waals surface area contributed by atoms with Crippen LogP contribution in [0.15, 0.2) is 16.0 Å². The molecule has 1 fully saturated rings. The molecule has 3 rings (SSSR count). The zero-order valence-corrected chi connectivity index (χ0v) is 29.7. The van der Waals surface area contributed by atoms with Crippen LogP contribution in [0.25, 0.3) is 0 Å². The topological polar surface area (TPSA) is 169 Å². The van der Waals surface area contributed by atoms with E-state index in [1.165, 1.54) is 18.4 Å². The summed E-state index contributed by atoms with van der Waals surface area (Å²) >= 11 is 1.52. The van der Waals surface area contributed by atoms with Gasteiger partial charge in [-0.15, -0.1) is 11.3 Å². The Morgan fingerprint density at radius 2 is 1.78 bits per heavy atom. The number of aromatic nitrogens is 1. The second-order valence-electron chi connectivity index (χ2n) is 12.6. The molecule has 0 saturated carbocycles. The summed E-state index contributed by atoms with van der Waals surface area (Å²) in [7, 11) is -6.28. The largest absolute Gasteiger partial charge is 0.481 e. The summed E-state index contributed by atoms with van der Waals surface area (Å²) in [5, 5.41) is 12.8. The quantitative estimate of drug-likeness (QED) is 0.303. The molecule has 0 aromatic carbocycles. The van der Waals surface area contributed by atoms with Crippen molar-refractivity contribution in [2.24, 2.45) is 5.92 Å². The van der Waals surface area contributed by atoms with E-state index in [-0.39, 0.29) is 34.9 Å². The Balaban J connectivity index is 1.68. The maximum atomic E-state index is 12.5. The van der Waals surface area contributed by atoms with E-state index in [0.29, 0.717) is 44.0 Å². The fraction of sp³-hybridized carbons (Fsp3) is 0.633. The van der Waals surface area contributed by atoms with Crippen LogP contribution in [0.2, 0.25) is 0 Å². The van der Waals surface area contributed by atoms with Gasteiger partial charge in [-0.25, -0.2) is 31.4 Å². The number of hydrogen-bond acceptors (Lipinski definition) is 11. The number of methoxy groups -OCH3 is 1. The number of aromatic carboxylic acids is 1. The van der Waals surface area contributed by atoms with E-state index in [1.807, 2.05) is 27.7 Å². The van der Waals surface area contributed by atoms with Gasteiger partial charge in [0, 0.05) is 47.5 Å². The van der Waals surface area contributed by atoms with E-state index in [4.69, 9.17) is 9.47 Å². The number of carboxylic acids is 1. The number of rotatable bonds is 12. The van der Waals surface area contributed by atoms with Crippen LogP contribution in [0.4, 0.5) is 4.79 Å². The van der Waals surface area contributed by atoms with Crippen molar-refractivity contribution < 1.29 is 41.0 Å². The van der Waals surface area contributed by atoms with E-state index >= 15 is 0 Å². The number of likely N-dealkylation sites (tertiary alicyclic amines) is 1. The van der Waals surface area contributed by atoms with Gasteiger partial charge in [-0.05, 0) is 83.4 Å². The first kappa shape index (κ1) is 36.7. The molecule has 1 aliphatic rings. The first-order chi connectivity index (χ1) is 20.7. The van der Waals surface area contributed by atoms with Crippen LogP contribution in [-0.2, 0) is 37.4 Å². The van der Waals surface area contributed by atoms with Crippen molar-refractivity contribution in [1.82, 2.24) is 15.2 Å². The van der Waals surface area contributed by atoms with Crippen LogP contribution >= 0.6 is 11.3 Å². The van der Waals surface area contributed by atoms with Crippen molar-refractivity contribution in [3.8, 4) is 5.88 Å². The highest BCUT2D eigenvalue weighted by molar-refractivity contribution is 7.91. The lowest BCUT2D eigenvalue weighted by molar-refractivity contribution is 0.0176. The lowest BCUT2D eigenvalue weighted by Gasteiger charge is -2.35. The Bertz CT molecular complexity index is 1620. The zero-order valence-electron chi connectivity index (χ0n) is 27.2. The van der Waals surface area contributed by atoms with Gasteiger partial charge < -0.3 is 24.8 Å². The number of ether oxygens (including phenoxy) is 2. The number of piperidine rings is 1. The Labute approximate surface area is 270 Å². The lowest BCUT2D eigenvalue weighted by atomic mass is 9.83. The molecule has 3 heterocycles. The predicted octanol–water partition coefficient (Wildman–Crippen LogP) is 4.44. The number of amides is 1. The number of nitrogens with zero attached hydrogens (tertiary/aromatic N) is 2. The minimum absolute atomic E-state index is 0.0577. The van der Waals surface area contributed by atoms with Crippen molar-refractivity contribution in [3.63, 3.8) is 0 Å². The predicted molar refractivity (Wildman–Crippen MR) is 172 cm³/mol. The second-order valence-corrected chi connectivity index (χ2v) is 17.6. The van der Waals surface area contributed by atoms with E-state index in [9.17, 15) is 31.5 Å². The van der Waals surface area contributed by atoms with Gasteiger partial charge in [-0.1, -0.05) is 6.92 Å². The molecule has 0 radical (unpaired) electrons. The SMILES string of the molecule is COc1nc(S(C)(=O)=O)cc(S(C)(=O)=O)c1CNCCCc1sc([C@H](C)C2CCN(C(=O)OC(C)(C)C)CC2)c(C)c1C(=O)O. The summed E-state index contributed by atoms with van der Waals surface area (Å²) in [6.07, 6.45) is 4.32. The summed E-state index contributed by atoms with van der Waals surface area (Å²) in [4.78, 5) is 32.1. The van der Waals surface area contributed by atoms with E-state index in [2.05, 4.69) is 17.2 Å². The van der Waals surface area contributed by atoms with Gasteiger partial charge >= 0.3 is 12.1 Å². The molecule has 0 bridgehead atoms. The molecule has 2 aromatic rings. The third-order valence-corrected chi connectivity index (χ3v) is 11.5. The van der Waals surface area contributed by atoms with Gasteiger partial charge in [0.05, 0.1) is 17.6 Å². The molecule has 2 N–H and O–H groups in total. The van der Waals surface area contributed by atoms with Crippen molar-refractivity contribution >= 4 is 43.1 Å². The molecule has 0 aliphatic carbocycles. The minimum atomic E-state index is -3.80. The van der Waals surface area contributed by atoms with Gasteiger partial charge in [0.25, 0.3) is 0 Å². The standard InChI is InChI=1S/C30H45N3O9S3/c1-18(20-11-14-33(15-12-20)29(36)42-30(3,4)5)26-19(2)25(28(34)35)22(43-26)10-9-13-31-17-21-23(44(7,37)38)16-24(45(8,39)40)32-27(21)41-6/h16,18,20,31H,9-15,17H2,1-8H3,(H,34,35)/t18-/m1/s1. The first-order valence-corrected chi connectivity index (χ1v) is 19.4. The highest BCUT2D eigenvalue weighted by Crippen LogP contribution is 2.41. The number of sulfone groups is 2. The number of nitrogens with one attached hydrogen (secondary N) is 1. The normalized spacial score (nSPS) is 15.6. The molecule has 1 saturated heterocycles. The average molecular weight is 688 g/mol. The monoisotopic (exact) mass is 687 g/mol. The van der Waals surface area contributed by atoms with Gasteiger partial charge in [0.2, 0.25) is 5.88 Å². The third-order valence-electron chi connectivity index (χ3n) is 7.84. The average Bonchev–Trinajstić information content (AvgIpc) is 3.26. The number of aryl methyl sites for hydroxylation is 1. The van der Waals surface area contributed by atoms with Crippen LogP contribution in [0, 0.1) is 12.8 Å². The molecule has 1 atom stereocenters. The van der Waals surface area contributed by atoms with Crippen LogP contribution in [0.5, 0.6) is 5.88 Å². The summed E-state index contributed by atoms with van der Waals surface area (Å²) in [5.74, 6) is -0.628. The number of carbonyl (C=O) groups excluding carboxylic acids is 1. The molecule has 0 unspecified atom stereocenters. The molecular formula is C30H45N3O9S3. The maximum Gasteiger partial charge on any atom is 0.410 e. The highest BCUT2D eigenvalue weighted by Gasteiger charge is 2.32. The molecule has 1 aliphatic heterocycles. The number of carbonyl (C=O) groups is 2. The summed E-state index contributed by atoms with van der Waals surface area (Å²) in [5.41, 5.74) is 0.773. The van der Waals surface area contributed by atoms with Crippen LogP contribution < -0.4 is 10.1 Å². The molecule has 2 aromatic heterocycles. The van der Waals surface area contributed by atoms with Gasteiger partial charge in [0.15, 0.2) is 24.7 Å². The third kappa shape index (κ3) is 9.39. The summed E-state index contributed by atoms with van der Waals surface area (Å²) in [6, 6.07) is 1.04. The lowest BCUT2D eigenvalue weighted by Crippen LogP contribution is -2.42. The summed E-state index contributed by atoms with van der Waals surface area (Å²) < 4.78 is 59.8. The fourth-order valence-corrected chi connectivity index (χ4v) is 8.63. The zero-order chi connectivity index (χ0) is 33.9. The molecule has 45 heavy (non-hydrogen) atoms. The number of hydrogen-bond donors (Lipinski definition) is 2. The van der Waals surface area contributed by atoms with Gasteiger partial charge in [-0.2, -0.15) is 0 Å².